The number of amides is 2. The van der Waals surface area contributed by atoms with Crippen LogP contribution in [0.2, 0.25) is 0 Å². The molecule has 0 radical (unpaired) electrons. The molecule has 0 bridgehead atoms. The molecule has 8 heteroatoms. The predicted molar refractivity (Wildman–Crippen MR) is 110 cm³/mol. The number of carbonyl (C=O) groups is 2. The van der Waals surface area contributed by atoms with Crippen molar-refractivity contribution in [2.24, 2.45) is 0 Å². The fraction of sp³-hybridized carbons (Fsp3) is 0.714. The highest BCUT2D eigenvalue weighted by Gasteiger charge is 2.33. The van der Waals surface area contributed by atoms with Crippen molar-refractivity contribution in [2.45, 2.75) is 63.0 Å². The van der Waals surface area contributed by atoms with Gasteiger partial charge in [0.15, 0.2) is 0 Å². The average Bonchev–Trinajstić information content (AvgIpc) is 3.00. The molecule has 1 aromatic rings. The second-order valence-electron chi connectivity index (χ2n) is 8.85. The van der Waals surface area contributed by atoms with E-state index in [1.807, 2.05) is 25.1 Å². The lowest BCUT2D eigenvalue weighted by Crippen LogP contribution is -2.39. The lowest BCUT2D eigenvalue weighted by molar-refractivity contribution is -0.137. The van der Waals surface area contributed by atoms with Gasteiger partial charge in [0.05, 0.1) is 24.3 Å². The Bertz CT molecular complexity index is 761. The standard InChI is InChI=1S/C21H33N5O3/c1-24(2)18-11-16(15-10-19(27)25(3)13-15)22-17(23-18)14-26(4)20(28)12-21(29)8-6-5-7-9-21/h11,15,29H,5-10,12-14H2,1-4H3. The minimum atomic E-state index is -0.879. The van der Waals surface area contributed by atoms with Crippen molar-refractivity contribution in [3.05, 3.63) is 17.6 Å². The summed E-state index contributed by atoms with van der Waals surface area (Å²) in [7, 11) is 7.36. The van der Waals surface area contributed by atoms with E-state index in [4.69, 9.17) is 0 Å². The normalized spacial score (nSPS) is 21.3. The highest BCUT2D eigenvalue weighted by Crippen LogP contribution is 2.31. The maximum Gasteiger partial charge on any atom is 0.225 e. The summed E-state index contributed by atoms with van der Waals surface area (Å²) in [4.78, 5) is 39.2. The van der Waals surface area contributed by atoms with E-state index in [1.54, 1.807) is 23.9 Å². The monoisotopic (exact) mass is 403 g/mol. The second kappa shape index (κ2) is 8.65. The van der Waals surface area contributed by atoms with Gasteiger partial charge in [0.1, 0.15) is 11.6 Å². The second-order valence-corrected chi connectivity index (χ2v) is 8.85. The summed E-state index contributed by atoms with van der Waals surface area (Å²) in [6.07, 6.45) is 5.03. The first-order valence-electron chi connectivity index (χ1n) is 10.4. The zero-order chi connectivity index (χ0) is 21.2. The van der Waals surface area contributed by atoms with Crippen LogP contribution in [0.4, 0.5) is 5.82 Å². The molecule has 3 rings (SSSR count). The molecule has 160 valence electrons. The Balaban J connectivity index is 1.73. The van der Waals surface area contributed by atoms with Crippen molar-refractivity contribution >= 4 is 17.6 Å². The minimum Gasteiger partial charge on any atom is -0.389 e. The molecule has 1 saturated heterocycles. The fourth-order valence-corrected chi connectivity index (χ4v) is 4.18. The molecule has 0 aromatic carbocycles. The molecule has 0 spiro atoms. The Morgan fingerprint density at radius 3 is 2.52 bits per heavy atom. The molecule has 1 unspecified atom stereocenters. The van der Waals surface area contributed by atoms with Gasteiger partial charge in [0, 0.05) is 53.1 Å². The molecule has 1 aliphatic carbocycles. The highest BCUT2D eigenvalue weighted by atomic mass is 16.3. The fourth-order valence-electron chi connectivity index (χ4n) is 4.18. The number of carbonyl (C=O) groups excluding carboxylic acids is 2. The van der Waals surface area contributed by atoms with Crippen molar-refractivity contribution in [3.63, 3.8) is 0 Å². The number of likely N-dealkylation sites (tertiary alicyclic amines) is 1. The zero-order valence-electron chi connectivity index (χ0n) is 18.0. The van der Waals surface area contributed by atoms with Crippen LogP contribution in [0.1, 0.15) is 62.4 Å². The van der Waals surface area contributed by atoms with Crippen LogP contribution in [0.15, 0.2) is 6.07 Å². The van der Waals surface area contributed by atoms with Crippen LogP contribution in [0, 0.1) is 0 Å². The molecular formula is C21H33N5O3. The molecule has 1 N–H and O–H groups in total. The highest BCUT2D eigenvalue weighted by molar-refractivity contribution is 5.79. The van der Waals surface area contributed by atoms with Gasteiger partial charge < -0.3 is 19.8 Å². The van der Waals surface area contributed by atoms with Crippen LogP contribution >= 0.6 is 0 Å². The predicted octanol–water partition coefficient (Wildman–Crippen LogP) is 1.53. The van der Waals surface area contributed by atoms with Gasteiger partial charge in [-0.3, -0.25) is 9.59 Å². The van der Waals surface area contributed by atoms with Gasteiger partial charge in [0.25, 0.3) is 0 Å². The number of aliphatic hydroxyl groups is 1. The third kappa shape index (κ3) is 5.23. The number of likely N-dealkylation sites (N-methyl/N-ethyl adjacent to an activating group) is 1. The Morgan fingerprint density at radius 2 is 1.93 bits per heavy atom. The van der Waals surface area contributed by atoms with Crippen molar-refractivity contribution < 1.29 is 14.7 Å². The summed E-state index contributed by atoms with van der Waals surface area (Å²) >= 11 is 0. The summed E-state index contributed by atoms with van der Waals surface area (Å²) in [5, 5.41) is 10.7. The molecule has 1 atom stereocenters. The number of nitrogens with zero attached hydrogens (tertiary/aromatic N) is 5. The molecular weight excluding hydrogens is 370 g/mol. The SMILES string of the molecule is CN(Cc1nc(C2CC(=O)N(C)C2)cc(N(C)C)n1)C(=O)CC1(O)CCCCC1. The molecule has 8 nitrogen and oxygen atoms in total. The first-order chi connectivity index (χ1) is 13.7. The lowest BCUT2D eigenvalue weighted by atomic mass is 9.82. The van der Waals surface area contributed by atoms with E-state index >= 15 is 0 Å². The van der Waals surface area contributed by atoms with Crippen LogP contribution in [0.5, 0.6) is 0 Å². The van der Waals surface area contributed by atoms with E-state index in [1.165, 1.54) is 0 Å². The molecule has 29 heavy (non-hydrogen) atoms. The van der Waals surface area contributed by atoms with E-state index in [0.717, 1.165) is 30.8 Å². The van der Waals surface area contributed by atoms with Crippen LogP contribution in [-0.2, 0) is 16.1 Å². The van der Waals surface area contributed by atoms with Crippen LogP contribution in [-0.4, -0.2) is 77.0 Å². The number of hydrogen-bond acceptors (Lipinski definition) is 6. The van der Waals surface area contributed by atoms with Crippen LogP contribution < -0.4 is 4.90 Å². The van der Waals surface area contributed by atoms with E-state index in [0.29, 0.717) is 31.6 Å². The van der Waals surface area contributed by atoms with Gasteiger partial charge in [0.2, 0.25) is 11.8 Å². The molecule has 1 saturated carbocycles. The summed E-state index contributed by atoms with van der Waals surface area (Å²) < 4.78 is 0. The number of anilines is 1. The number of aromatic nitrogens is 2. The van der Waals surface area contributed by atoms with Gasteiger partial charge in [-0.05, 0) is 12.8 Å². The third-order valence-corrected chi connectivity index (χ3v) is 6.07. The van der Waals surface area contributed by atoms with Crippen molar-refractivity contribution in [2.75, 3.05) is 39.6 Å². The van der Waals surface area contributed by atoms with Gasteiger partial charge in [-0.2, -0.15) is 0 Å². The molecule has 2 heterocycles. The topological polar surface area (TPSA) is 89.9 Å². The van der Waals surface area contributed by atoms with Crippen LogP contribution in [0.3, 0.4) is 0 Å². The van der Waals surface area contributed by atoms with Gasteiger partial charge >= 0.3 is 0 Å². The number of rotatable bonds is 6. The lowest BCUT2D eigenvalue weighted by Gasteiger charge is -2.32. The maximum absolute atomic E-state index is 12.7. The van der Waals surface area contributed by atoms with Gasteiger partial charge in [-0.25, -0.2) is 9.97 Å². The zero-order valence-corrected chi connectivity index (χ0v) is 18.0. The Hall–Kier alpha value is -2.22. The van der Waals surface area contributed by atoms with Crippen molar-refractivity contribution in [3.8, 4) is 0 Å². The Labute approximate surface area is 172 Å². The smallest absolute Gasteiger partial charge is 0.225 e. The van der Waals surface area contributed by atoms with Gasteiger partial charge in [-0.1, -0.05) is 19.3 Å². The van der Waals surface area contributed by atoms with E-state index in [9.17, 15) is 14.7 Å². The third-order valence-electron chi connectivity index (χ3n) is 6.07. The minimum absolute atomic E-state index is 0.0388. The van der Waals surface area contributed by atoms with E-state index in [-0.39, 0.29) is 30.7 Å². The Morgan fingerprint density at radius 1 is 1.24 bits per heavy atom. The largest absolute Gasteiger partial charge is 0.389 e. The quantitative estimate of drug-likeness (QED) is 0.775. The first-order valence-corrected chi connectivity index (χ1v) is 10.4. The molecule has 2 fully saturated rings. The number of hydrogen-bond donors (Lipinski definition) is 1. The maximum atomic E-state index is 12.7. The van der Waals surface area contributed by atoms with Crippen LogP contribution in [0.25, 0.3) is 0 Å². The molecule has 2 aliphatic rings. The van der Waals surface area contributed by atoms with Gasteiger partial charge in [-0.15, -0.1) is 0 Å². The molecule has 1 aliphatic heterocycles. The Kier molecular flexibility index (Phi) is 6.41. The molecule has 2 amide bonds. The molecule has 1 aromatic heterocycles. The summed E-state index contributed by atoms with van der Waals surface area (Å²) in [5.41, 5.74) is -0.0428. The first kappa shape index (κ1) is 21.5. The summed E-state index contributed by atoms with van der Waals surface area (Å²) in [5.74, 6) is 1.38. The summed E-state index contributed by atoms with van der Waals surface area (Å²) in [6.45, 7) is 0.921. The van der Waals surface area contributed by atoms with E-state index in [2.05, 4.69) is 9.97 Å². The average molecular weight is 404 g/mol. The van der Waals surface area contributed by atoms with E-state index < -0.39 is 5.60 Å². The summed E-state index contributed by atoms with van der Waals surface area (Å²) in [6, 6.07) is 1.92. The van der Waals surface area contributed by atoms with Crippen molar-refractivity contribution in [1.29, 1.82) is 0 Å². The van der Waals surface area contributed by atoms with Crippen molar-refractivity contribution in [1.82, 2.24) is 19.8 Å².